The van der Waals surface area contributed by atoms with Gasteiger partial charge in [-0.05, 0) is 36.8 Å². The molecule has 1 aromatic heterocycles. The molecule has 0 fully saturated rings. The van der Waals surface area contributed by atoms with Crippen LogP contribution in [0.2, 0.25) is 0 Å². The molecule has 0 atom stereocenters. The molecule has 0 amide bonds. The molecular formula is C14H17N3. The Bertz CT molecular complexity index is 491. The molecule has 0 bridgehead atoms. The summed E-state index contributed by atoms with van der Waals surface area (Å²) in [5.41, 5.74) is 9.30. The molecule has 1 aromatic carbocycles. The Kier molecular flexibility index (Phi) is 3.28. The maximum atomic E-state index is 5.66. The van der Waals surface area contributed by atoms with Gasteiger partial charge in [-0.25, -0.2) is 4.98 Å². The third-order valence-corrected chi connectivity index (χ3v) is 2.74. The van der Waals surface area contributed by atoms with E-state index in [1.807, 2.05) is 12.1 Å². The van der Waals surface area contributed by atoms with Gasteiger partial charge in [0.05, 0.1) is 0 Å². The van der Waals surface area contributed by atoms with E-state index in [-0.39, 0.29) is 0 Å². The van der Waals surface area contributed by atoms with Gasteiger partial charge in [0.25, 0.3) is 0 Å². The maximum Gasteiger partial charge on any atom is 0.123 e. The number of anilines is 2. The van der Waals surface area contributed by atoms with Crippen LogP contribution >= 0.6 is 0 Å². The fraction of sp³-hybridized carbons (Fsp3) is 0.214. The lowest BCUT2D eigenvalue weighted by Crippen LogP contribution is -2.16. The van der Waals surface area contributed by atoms with Crippen LogP contribution in [-0.4, -0.2) is 12.0 Å². The SMILES string of the molecule is Cc1ccc(N(C)Cc2ccnc(N)c2)cc1. The predicted octanol–water partition coefficient (Wildman–Crippen LogP) is 2.61. The highest BCUT2D eigenvalue weighted by molar-refractivity contribution is 5.47. The summed E-state index contributed by atoms with van der Waals surface area (Å²) in [5, 5.41) is 0. The molecule has 0 unspecified atom stereocenters. The molecule has 1 heterocycles. The number of pyridine rings is 1. The molecule has 3 nitrogen and oxygen atoms in total. The van der Waals surface area contributed by atoms with E-state index in [2.05, 4.69) is 48.1 Å². The van der Waals surface area contributed by atoms with E-state index in [0.29, 0.717) is 5.82 Å². The van der Waals surface area contributed by atoms with Gasteiger partial charge in [0.2, 0.25) is 0 Å². The van der Waals surface area contributed by atoms with E-state index in [9.17, 15) is 0 Å². The van der Waals surface area contributed by atoms with Crippen LogP contribution in [0, 0.1) is 6.92 Å². The number of rotatable bonds is 3. The molecule has 3 heteroatoms. The summed E-state index contributed by atoms with van der Waals surface area (Å²) in [6, 6.07) is 12.4. The number of nitrogens with two attached hydrogens (primary N) is 1. The Morgan fingerprint density at radius 1 is 1.18 bits per heavy atom. The smallest absolute Gasteiger partial charge is 0.123 e. The minimum Gasteiger partial charge on any atom is -0.384 e. The number of nitrogen functional groups attached to an aromatic ring is 1. The topological polar surface area (TPSA) is 42.2 Å². The van der Waals surface area contributed by atoms with Crippen LogP contribution in [0.5, 0.6) is 0 Å². The van der Waals surface area contributed by atoms with Crippen LogP contribution in [0.4, 0.5) is 11.5 Å². The highest BCUT2D eigenvalue weighted by Crippen LogP contribution is 2.16. The highest BCUT2D eigenvalue weighted by atomic mass is 15.1. The minimum atomic E-state index is 0.569. The van der Waals surface area contributed by atoms with Crippen molar-refractivity contribution in [3.63, 3.8) is 0 Å². The third-order valence-electron chi connectivity index (χ3n) is 2.74. The van der Waals surface area contributed by atoms with E-state index < -0.39 is 0 Å². The van der Waals surface area contributed by atoms with Crippen LogP contribution in [0.1, 0.15) is 11.1 Å². The Morgan fingerprint density at radius 2 is 1.88 bits per heavy atom. The monoisotopic (exact) mass is 227 g/mol. The lowest BCUT2D eigenvalue weighted by molar-refractivity contribution is 0.920. The zero-order valence-corrected chi connectivity index (χ0v) is 10.2. The van der Waals surface area contributed by atoms with Crippen molar-refractivity contribution in [2.24, 2.45) is 0 Å². The van der Waals surface area contributed by atoms with Gasteiger partial charge in [0, 0.05) is 25.5 Å². The van der Waals surface area contributed by atoms with Crippen LogP contribution in [0.15, 0.2) is 42.6 Å². The van der Waals surface area contributed by atoms with Crippen molar-refractivity contribution in [1.82, 2.24) is 4.98 Å². The first kappa shape index (κ1) is 11.5. The number of nitrogens with zero attached hydrogens (tertiary/aromatic N) is 2. The molecule has 0 aliphatic heterocycles. The van der Waals surface area contributed by atoms with E-state index >= 15 is 0 Å². The van der Waals surface area contributed by atoms with Crippen molar-refractivity contribution in [2.45, 2.75) is 13.5 Å². The number of benzene rings is 1. The average molecular weight is 227 g/mol. The molecule has 0 saturated heterocycles. The van der Waals surface area contributed by atoms with Gasteiger partial charge in [0.15, 0.2) is 0 Å². The van der Waals surface area contributed by atoms with Crippen molar-refractivity contribution in [1.29, 1.82) is 0 Å². The Balaban J connectivity index is 2.11. The Labute approximate surface area is 102 Å². The summed E-state index contributed by atoms with van der Waals surface area (Å²) in [4.78, 5) is 6.18. The zero-order chi connectivity index (χ0) is 12.3. The van der Waals surface area contributed by atoms with Gasteiger partial charge in [0.1, 0.15) is 5.82 Å². The molecule has 0 saturated carbocycles. The van der Waals surface area contributed by atoms with Crippen molar-refractivity contribution in [3.8, 4) is 0 Å². The van der Waals surface area contributed by atoms with Gasteiger partial charge in [-0.2, -0.15) is 0 Å². The number of aryl methyl sites for hydroxylation is 1. The summed E-state index contributed by atoms with van der Waals surface area (Å²) < 4.78 is 0. The van der Waals surface area contributed by atoms with Crippen LogP contribution in [0.3, 0.4) is 0 Å². The lowest BCUT2D eigenvalue weighted by Gasteiger charge is -2.19. The summed E-state index contributed by atoms with van der Waals surface area (Å²) in [7, 11) is 2.07. The summed E-state index contributed by atoms with van der Waals surface area (Å²) >= 11 is 0. The van der Waals surface area contributed by atoms with Gasteiger partial charge in [-0.1, -0.05) is 17.7 Å². The second kappa shape index (κ2) is 4.87. The third kappa shape index (κ3) is 2.97. The minimum absolute atomic E-state index is 0.569. The van der Waals surface area contributed by atoms with Crippen molar-refractivity contribution >= 4 is 11.5 Å². The first-order valence-corrected chi connectivity index (χ1v) is 5.63. The fourth-order valence-electron chi connectivity index (χ4n) is 1.76. The zero-order valence-electron chi connectivity index (χ0n) is 10.2. The predicted molar refractivity (Wildman–Crippen MR) is 71.9 cm³/mol. The van der Waals surface area contributed by atoms with Gasteiger partial charge >= 0.3 is 0 Å². The van der Waals surface area contributed by atoms with Crippen LogP contribution in [-0.2, 0) is 6.54 Å². The molecule has 0 spiro atoms. The molecule has 88 valence electrons. The lowest BCUT2D eigenvalue weighted by atomic mass is 10.2. The van der Waals surface area contributed by atoms with E-state index in [1.54, 1.807) is 6.20 Å². The Hall–Kier alpha value is -2.03. The van der Waals surface area contributed by atoms with Gasteiger partial charge in [-0.3, -0.25) is 0 Å². The molecule has 0 radical (unpaired) electrons. The first-order valence-electron chi connectivity index (χ1n) is 5.63. The molecule has 2 rings (SSSR count). The number of hydrogen-bond donors (Lipinski definition) is 1. The molecular weight excluding hydrogens is 210 g/mol. The standard InChI is InChI=1S/C14H17N3/c1-11-3-5-13(6-4-11)17(2)10-12-7-8-16-14(15)9-12/h3-9H,10H2,1-2H3,(H2,15,16). The van der Waals surface area contributed by atoms with E-state index in [4.69, 9.17) is 5.73 Å². The molecule has 2 aromatic rings. The molecule has 2 N–H and O–H groups in total. The van der Waals surface area contributed by atoms with E-state index in [1.165, 1.54) is 16.8 Å². The van der Waals surface area contributed by atoms with Crippen molar-refractivity contribution < 1.29 is 0 Å². The van der Waals surface area contributed by atoms with Crippen molar-refractivity contribution in [2.75, 3.05) is 17.7 Å². The normalized spacial score (nSPS) is 10.2. The molecule has 17 heavy (non-hydrogen) atoms. The maximum absolute atomic E-state index is 5.66. The summed E-state index contributed by atoms with van der Waals surface area (Å²) in [6.07, 6.45) is 1.74. The van der Waals surface area contributed by atoms with Crippen LogP contribution < -0.4 is 10.6 Å². The molecule has 0 aliphatic rings. The number of hydrogen-bond acceptors (Lipinski definition) is 3. The number of aromatic nitrogens is 1. The van der Waals surface area contributed by atoms with Gasteiger partial charge < -0.3 is 10.6 Å². The molecule has 0 aliphatic carbocycles. The highest BCUT2D eigenvalue weighted by Gasteiger charge is 2.02. The quantitative estimate of drug-likeness (QED) is 0.876. The van der Waals surface area contributed by atoms with E-state index in [0.717, 1.165) is 6.54 Å². The van der Waals surface area contributed by atoms with Crippen molar-refractivity contribution in [3.05, 3.63) is 53.7 Å². The Morgan fingerprint density at radius 3 is 2.53 bits per heavy atom. The largest absolute Gasteiger partial charge is 0.384 e. The summed E-state index contributed by atoms with van der Waals surface area (Å²) in [5.74, 6) is 0.569. The fourth-order valence-corrected chi connectivity index (χ4v) is 1.76. The summed E-state index contributed by atoms with van der Waals surface area (Å²) in [6.45, 7) is 2.92. The first-order chi connectivity index (χ1) is 8.15. The second-order valence-corrected chi connectivity index (χ2v) is 4.28. The van der Waals surface area contributed by atoms with Gasteiger partial charge in [-0.15, -0.1) is 0 Å². The van der Waals surface area contributed by atoms with Crippen LogP contribution in [0.25, 0.3) is 0 Å². The second-order valence-electron chi connectivity index (χ2n) is 4.28. The average Bonchev–Trinajstić information content (AvgIpc) is 2.29.